The Kier molecular flexibility index (Phi) is 8.52. The second-order valence-electron chi connectivity index (χ2n) is 17.2. The summed E-state index contributed by atoms with van der Waals surface area (Å²) in [5, 5.41) is 15.5. The van der Waals surface area contributed by atoms with E-state index in [2.05, 4.69) is 82.0 Å². The minimum Gasteiger partial charge on any atom is -0.332 e. The van der Waals surface area contributed by atoms with Crippen molar-refractivity contribution in [1.29, 1.82) is 0 Å². The second-order valence-corrected chi connectivity index (χ2v) is 17.2. The van der Waals surface area contributed by atoms with Crippen LogP contribution in [0.4, 0.5) is 0 Å². The summed E-state index contributed by atoms with van der Waals surface area (Å²) in [5.41, 5.74) is 10.7. The van der Waals surface area contributed by atoms with E-state index in [-0.39, 0.29) is 24.1 Å². The molecule has 0 radical (unpaired) electrons. The third-order valence-corrected chi connectivity index (χ3v) is 13.3. The molecule has 7 heterocycles. The molecule has 1 fully saturated rings. The van der Waals surface area contributed by atoms with Gasteiger partial charge in [0.25, 0.3) is 5.91 Å². The highest BCUT2D eigenvalue weighted by Gasteiger charge is 2.59. The molecule has 15 nitrogen and oxygen atoms in total. The van der Waals surface area contributed by atoms with Crippen LogP contribution in [0, 0.1) is 26.7 Å². The molecule has 1 aliphatic carbocycles. The SMILES string of the molecule is CCc1nccc(-c2ccc3c(c2)cc(C(=O)N2CCc4nn(-c5cc(C)cc(C)c5)c(-n5ccn(-c6ccc7c(cnn7C)c6)c5=O)c4C2)n3[C@@]2(c3noc(=O)[nH]3)C[C@@H]2C)c1C. The van der Waals surface area contributed by atoms with E-state index in [4.69, 9.17) is 9.62 Å². The zero-order chi connectivity index (χ0) is 43.5. The zero-order valence-electron chi connectivity index (χ0n) is 35.9. The molecule has 6 aromatic heterocycles. The monoisotopic (exact) mass is 839 g/mol. The number of benzene rings is 3. The maximum atomic E-state index is 15.4. The summed E-state index contributed by atoms with van der Waals surface area (Å²) in [6.07, 6.45) is 9.12. The predicted octanol–water partition coefficient (Wildman–Crippen LogP) is 6.86. The van der Waals surface area contributed by atoms with Crippen molar-refractivity contribution in [2.45, 2.75) is 66.0 Å². The lowest BCUT2D eigenvalue weighted by Gasteiger charge is -2.29. The lowest BCUT2D eigenvalue weighted by atomic mass is 9.98. The van der Waals surface area contributed by atoms with Crippen molar-refractivity contribution in [2.75, 3.05) is 6.54 Å². The molecule has 15 heteroatoms. The molecule has 9 aromatic rings. The van der Waals surface area contributed by atoms with E-state index >= 15 is 4.79 Å². The predicted molar refractivity (Wildman–Crippen MR) is 238 cm³/mol. The molecule has 63 heavy (non-hydrogen) atoms. The molecule has 0 bridgehead atoms. The number of amides is 1. The lowest BCUT2D eigenvalue weighted by Crippen LogP contribution is -2.39. The Balaban J connectivity index is 1.05. The summed E-state index contributed by atoms with van der Waals surface area (Å²) in [5.74, 6) is 0.178. The standard InChI is InChI=1S/C48H45N11O4/c1-7-38-30(5)36(12-14-49-38)31-8-10-41-32(21-31)23-42(58(41)48(24-29(48)4)45-51-46(61)63-53-45)44(60)55-15-13-39-37(26-55)43(59(52-39)35-19-27(2)18-28(3)20-35)57-17-16-56(47(57)62)34-9-11-40-33(22-34)25-50-54(40)6/h8-12,14,16-23,25,29H,7,13,15,24,26H2,1-6H3,(H,51,53,61)/t29-,48-/m0/s1. The number of nitrogens with one attached hydrogen (secondary N) is 1. The molecule has 1 amide bonds. The Morgan fingerprint density at radius 1 is 0.921 bits per heavy atom. The van der Waals surface area contributed by atoms with E-state index < -0.39 is 11.3 Å². The van der Waals surface area contributed by atoms with Crippen LogP contribution >= 0.6 is 0 Å². The third kappa shape index (κ3) is 5.89. The van der Waals surface area contributed by atoms with E-state index in [0.717, 1.165) is 78.7 Å². The molecule has 3 aromatic carbocycles. The Labute approximate surface area is 360 Å². The molecule has 2 aliphatic rings. The molecule has 316 valence electrons. The number of nitrogens with zero attached hydrogens (tertiary/aromatic N) is 10. The van der Waals surface area contributed by atoms with Crippen LogP contribution in [0.15, 0.2) is 106 Å². The fourth-order valence-electron chi connectivity index (χ4n) is 10.0. The van der Waals surface area contributed by atoms with Gasteiger partial charge in [-0.15, -0.1) is 0 Å². The summed E-state index contributed by atoms with van der Waals surface area (Å²) in [7, 11) is 1.89. The quantitative estimate of drug-likeness (QED) is 0.174. The topological polar surface area (TPSA) is 160 Å². The van der Waals surface area contributed by atoms with E-state index in [9.17, 15) is 9.59 Å². The molecule has 1 N–H and O–H groups in total. The van der Waals surface area contributed by atoms with Crippen LogP contribution in [0.5, 0.6) is 0 Å². The smallest absolute Gasteiger partial charge is 0.332 e. The molecule has 11 rings (SSSR count). The van der Waals surface area contributed by atoms with E-state index in [1.807, 2.05) is 67.0 Å². The summed E-state index contributed by atoms with van der Waals surface area (Å²) >= 11 is 0. The van der Waals surface area contributed by atoms with Gasteiger partial charge in [0.15, 0.2) is 5.82 Å². The van der Waals surface area contributed by atoms with Gasteiger partial charge in [0.05, 0.1) is 35.3 Å². The second kappa shape index (κ2) is 14.0. The highest BCUT2D eigenvalue weighted by Crippen LogP contribution is 2.56. The van der Waals surface area contributed by atoms with Gasteiger partial charge in [-0.1, -0.05) is 31.1 Å². The summed E-state index contributed by atoms with van der Waals surface area (Å²) < 4.78 is 14.0. The fraction of sp³-hybridized carbons (Fsp3) is 0.271. The largest absolute Gasteiger partial charge is 0.438 e. The molecule has 0 spiro atoms. The Morgan fingerprint density at radius 3 is 2.44 bits per heavy atom. The molecule has 1 aliphatic heterocycles. The summed E-state index contributed by atoms with van der Waals surface area (Å²) in [6, 6.07) is 22.3. The fourth-order valence-corrected chi connectivity index (χ4v) is 10.0. The number of rotatable bonds is 8. The number of fused-ring (bicyclic) bond motifs is 3. The van der Waals surface area contributed by atoms with Gasteiger partial charge in [-0.25, -0.2) is 14.3 Å². The number of aryl methyl sites for hydroxylation is 4. The molecular weight excluding hydrogens is 795 g/mol. The van der Waals surface area contributed by atoms with Crippen LogP contribution in [0.25, 0.3) is 50.1 Å². The number of carbonyl (C=O) groups is 1. The number of H-pyrrole nitrogens is 1. The van der Waals surface area contributed by atoms with Crippen LogP contribution in [-0.2, 0) is 32.0 Å². The van der Waals surface area contributed by atoms with Crippen molar-refractivity contribution < 1.29 is 9.32 Å². The molecular formula is C48H45N11O4. The maximum Gasteiger partial charge on any atom is 0.438 e. The van der Waals surface area contributed by atoms with E-state index in [1.165, 1.54) is 0 Å². The van der Waals surface area contributed by atoms with Crippen molar-refractivity contribution in [2.24, 2.45) is 13.0 Å². The first kappa shape index (κ1) is 38.4. The molecule has 0 saturated heterocycles. The molecule has 2 atom stereocenters. The summed E-state index contributed by atoms with van der Waals surface area (Å²) in [4.78, 5) is 51.6. The highest BCUT2D eigenvalue weighted by molar-refractivity contribution is 6.00. The number of aromatic amines is 1. The number of imidazole rings is 1. The zero-order valence-corrected chi connectivity index (χ0v) is 35.9. The van der Waals surface area contributed by atoms with Crippen molar-refractivity contribution in [1.82, 2.24) is 53.3 Å². The third-order valence-electron chi connectivity index (χ3n) is 13.3. The number of aromatic nitrogens is 10. The first-order valence-electron chi connectivity index (χ1n) is 21.3. The average molecular weight is 840 g/mol. The van der Waals surface area contributed by atoms with Gasteiger partial charge in [-0.05, 0) is 122 Å². The minimum atomic E-state index is -0.808. The van der Waals surface area contributed by atoms with Crippen LogP contribution in [0.2, 0.25) is 0 Å². The van der Waals surface area contributed by atoms with Crippen molar-refractivity contribution in [3.63, 3.8) is 0 Å². The van der Waals surface area contributed by atoms with Crippen LogP contribution in [-0.4, -0.2) is 65.7 Å². The van der Waals surface area contributed by atoms with E-state index in [0.29, 0.717) is 42.4 Å². The Morgan fingerprint density at radius 2 is 1.70 bits per heavy atom. The van der Waals surface area contributed by atoms with Crippen LogP contribution in [0.3, 0.4) is 0 Å². The first-order valence-corrected chi connectivity index (χ1v) is 21.3. The van der Waals surface area contributed by atoms with Gasteiger partial charge in [-0.3, -0.25) is 33.1 Å². The highest BCUT2D eigenvalue weighted by atomic mass is 16.5. The van der Waals surface area contributed by atoms with Gasteiger partial charge in [0.2, 0.25) is 0 Å². The number of carbonyl (C=O) groups excluding carboxylic acids is 1. The minimum absolute atomic E-state index is 0.0417. The van der Waals surface area contributed by atoms with Gasteiger partial charge in [0.1, 0.15) is 17.1 Å². The van der Waals surface area contributed by atoms with Crippen LogP contribution in [0.1, 0.15) is 70.2 Å². The van der Waals surface area contributed by atoms with Gasteiger partial charge in [0, 0.05) is 66.2 Å². The van der Waals surface area contributed by atoms with Crippen molar-refractivity contribution in [3.05, 3.63) is 158 Å². The van der Waals surface area contributed by atoms with Crippen molar-refractivity contribution >= 4 is 27.7 Å². The van der Waals surface area contributed by atoms with Gasteiger partial charge in [-0.2, -0.15) is 10.2 Å². The average Bonchev–Trinajstić information content (AvgIpc) is 3.89. The van der Waals surface area contributed by atoms with Gasteiger partial charge >= 0.3 is 11.4 Å². The normalized spacial score (nSPS) is 17.2. The summed E-state index contributed by atoms with van der Waals surface area (Å²) in [6.45, 7) is 11.0. The van der Waals surface area contributed by atoms with Crippen molar-refractivity contribution in [3.8, 4) is 28.3 Å². The number of hydrogen-bond acceptors (Lipinski definition) is 8. The Hall–Kier alpha value is -7.55. The maximum absolute atomic E-state index is 15.4. The Bertz CT molecular complexity index is 3440. The lowest BCUT2D eigenvalue weighted by molar-refractivity contribution is 0.0721. The first-order chi connectivity index (χ1) is 30.4. The number of hydrogen-bond donors (Lipinski definition) is 1. The molecule has 0 unspecified atom stereocenters. The van der Waals surface area contributed by atoms with Gasteiger partial charge < -0.3 is 9.47 Å². The van der Waals surface area contributed by atoms with Crippen LogP contribution < -0.4 is 11.4 Å². The molecule has 1 saturated carbocycles. The van der Waals surface area contributed by atoms with E-state index in [1.54, 1.807) is 32.4 Å². The number of pyridine rings is 1.